The predicted octanol–water partition coefficient (Wildman–Crippen LogP) is 2.21. The smallest absolute Gasteiger partial charge is 0.338 e. The van der Waals surface area contributed by atoms with Crippen LogP contribution in [-0.2, 0) is 19.1 Å². The SMILES string of the molecule is CCOC(=O)c1ccc(NC(=O)CNC(=O)C(=O)Nc2cccc(Cl)c2)cc1. The van der Waals surface area contributed by atoms with Gasteiger partial charge in [-0.05, 0) is 49.4 Å². The molecule has 0 saturated heterocycles. The fraction of sp³-hybridized carbons (Fsp3) is 0.158. The second-order valence-electron chi connectivity index (χ2n) is 5.49. The molecular weight excluding hydrogens is 386 g/mol. The van der Waals surface area contributed by atoms with E-state index in [1.165, 1.54) is 30.3 Å². The van der Waals surface area contributed by atoms with Crippen molar-refractivity contribution in [3.63, 3.8) is 0 Å². The van der Waals surface area contributed by atoms with E-state index in [0.717, 1.165) is 0 Å². The van der Waals surface area contributed by atoms with Gasteiger partial charge in [-0.25, -0.2) is 4.79 Å². The van der Waals surface area contributed by atoms with Crippen LogP contribution in [0.1, 0.15) is 17.3 Å². The van der Waals surface area contributed by atoms with E-state index in [1.807, 2.05) is 0 Å². The molecular formula is C19H18ClN3O5. The molecule has 0 aliphatic rings. The zero-order chi connectivity index (χ0) is 20.5. The molecule has 0 fully saturated rings. The standard InChI is InChI=1S/C19H18ClN3O5/c1-2-28-19(27)12-6-8-14(9-7-12)22-16(24)11-21-17(25)18(26)23-15-5-3-4-13(20)10-15/h3-10H,2,11H2,1H3,(H,21,25)(H,22,24)(H,23,26). The molecule has 0 aliphatic heterocycles. The Hall–Kier alpha value is -3.39. The minimum absolute atomic E-state index is 0.266. The maximum absolute atomic E-state index is 11.9. The number of nitrogens with one attached hydrogen (secondary N) is 3. The number of esters is 1. The number of hydrogen-bond donors (Lipinski definition) is 3. The normalized spacial score (nSPS) is 9.93. The molecule has 9 heteroatoms. The highest BCUT2D eigenvalue weighted by molar-refractivity contribution is 6.40. The molecule has 0 atom stereocenters. The first-order valence-electron chi connectivity index (χ1n) is 8.31. The first kappa shape index (κ1) is 20.9. The number of anilines is 2. The minimum atomic E-state index is -0.965. The van der Waals surface area contributed by atoms with Crippen LogP contribution in [0.25, 0.3) is 0 Å². The third-order valence-corrected chi connectivity index (χ3v) is 3.61. The van der Waals surface area contributed by atoms with Gasteiger partial charge in [0.2, 0.25) is 5.91 Å². The highest BCUT2D eigenvalue weighted by Crippen LogP contribution is 2.14. The quantitative estimate of drug-likeness (QED) is 0.505. The van der Waals surface area contributed by atoms with Crippen LogP contribution in [-0.4, -0.2) is 36.8 Å². The Bertz CT molecular complexity index is 883. The van der Waals surface area contributed by atoms with Gasteiger partial charge in [0.25, 0.3) is 0 Å². The monoisotopic (exact) mass is 403 g/mol. The fourth-order valence-electron chi connectivity index (χ4n) is 2.10. The highest BCUT2D eigenvalue weighted by Gasteiger charge is 2.15. The van der Waals surface area contributed by atoms with Crippen molar-refractivity contribution in [2.24, 2.45) is 0 Å². The van der Waals surface area contributed by atoms with E-state index in [9.17, 15) is 19.2 Å². The Morgan fingerprint density at radius 2 is 1.64 bits per heavy atom. The van der Waals surface area contributed by atoms with Crippen LogP contribution in [0.5, 0.6) is 0 Å². The van der Waals surface area contributed by atoms with Crippen LogP contribution in [0.3, 0.4) is 0 Å². The summed E-state index contributed by atoms with van der Waals surface area (Å²) in [5.74, 6) is -2.88. The number of carbonyl (C=O) groups excluding carboxylic acids is 4. The first-order valence-corrected chi connectivity index (χ1v) is 8.68. The average Bonchev–Trinajstić information content (AvgIpc) is 2.67. The summed E-state index contributed by atoms with van der Waals surface area (Å²) in [6.07, 6.45) is 0. The summed E-state index contributed by atoms with van der Waals surface area (Å²) in [6.45, 7) is 1.57. The molecule has 0 spiro atoms. The van der Waals surface area contributed by atoms with Gasteiger partial charge < -0.3 is 20.7 Å². The van der Waals surface area contributed by atoms with Crippen molar-refractivity contribution in [3.05, 3.63) is 59.1 Å². The zero-order valence-corrected chi connectivity index (χ0v) is 15.7. The molecule has 0 bridgehead atoms. The lowest BCUT2D eigenvalue weighted by atomic mass is 10.2. The maximum Gasteiger partial charge on any atom is 0.338 e. The van der Waals surface area contributed by atoms with Crippen LogP contribution >= 0.6 is 11.6 Å². The largest absolute Gasteiger partial charge is 0.462 e. The molecule has 2 aromatic rings. The molecule has 146 valence electrons. The third-order valence-electron chi connectivity index (χ3n) is 3.38. The Kier molecular flexibility index (Phi) is 7.53. The van der Waals surface area contributed by atoms with Gasteiger partial charge in [0.1, 0.15) is 0 Å². The number of amides is 3. The van der Waals surface area contributed by atoms with Gasteiger partial charge in [0.05, 0.1) is 18.7 Å². The first-order chi connectivity index (χ1) is 13.4. The molecule has 28 heavy (non-hydrogen) atoms. The zero-order valence-electron chi connectivity index (χ0n) is 15.0. The van der Waals surface area contributed by atoms with Crippen molar-refractivity contribution >= 4 is 46.7 Å². The van der Waals surface area contributed by atoms with Crippen molar-refractivity contribution < 1.29 is 23.9 Å². The Morgan fingerprint density at radius 3 is 2.29 bits per heavy atom. The molecule has 3 N–H and O–H groups in total. The third kappa shape index (κ3) is 6.40. The van der Waals surface area contributed by atoms with Crippen LogP contribution in [0.4, 0.5) is 11.4 Å². The second kappa shape index (κ2) is 10.1. The number of hydrogen-bond acceptors (Lipinski definition) is 5. The van der Waals surface area contributed by atoms with Crippen molar-refractivity contribution in [1.82, 2.24) is 5.32 Å². The summed E-state index contributed by atoms with van der Waals surface area (Å²) >= 11 is 5.80. The van der Waals surface area contributed by atoms with Gasteiger partial charge in [-0.15, -0.1) is 0 Å². The van der Waals surface area contributed by atoms with E-state index in [0.29, 0.717) is 22.0 Å². The molecule has 0 aliphatic carbocycles. The lowest BCUT2D eigenvalue weighted by Gasteiger charge is -2.08. The van der Waals surface area contributed by atoms with Crippen molar-refractivity contribution in [2.45, 2.75) is 6.92 Å². The summed E-state index contributed by atoms with van der Waals surface area (Å²) in [5, 5.41) is 7.53. The van der Waals surface area contributed by atoms with Gasteiger partial charge in [0.15, 0.2) is 0 Å². The van der Waals surface area contributed by atoms with Crippen molar-refractivity contribution in [2.75, 3.05) is 23.8 Å². The summed E-state index contributed by atoms with van der Waals surface area (Å²) in [7, 11) is 0. The van der Waals surface area contributed by atoms with E-state index < -0.39 is 30.2 Å². The summed E-state index contributed by atoms with van der Waals surface area (Å²) in [6, 6.07) is 12.4. The predicted molar refractivity (Wildman–Crippen MR) is 104 cm³/mol. The van der Waals surface area contributed by atoms with Crippen LogP contribution in [0, 0.1) is 0 Å². The lowest BCUT2D eigenvalue weighted by Crippen LogP contribution is -2.39. The molecule has 0 heterocycles. The summed E-state index contributed by atoms with van der Waals surface area (Å²) < 4.78 is 4.87. The molecule has 2 rings (SSSR count). The van der Waals surface area contributed by atoms with Gasteiger partial charge >= 0.3 is 17.8 Å². The van der Waals surface area contributed by atoms with Crippen LogP contribution in [0.2, 0.25) is 5.02 Å². The van der Waals surface area contributed by atoms with Gasteiger partial charge in [0, 0.05) is 16.4 Å². The van der Waals surface area contributed by atoms with Crippen LogP contribution < -0.4 is 16.0 Å². The summed E-state index contributed by atoms with van der Waals surface area (Å²) in [5.41, 5.74) is 1.14. The van der Waals surface area contributed by atoms with Crippen LogP contribution in [0.15, 0.2) is 48.5 Å². The van der Waals surface area contributed by atoms with Crippen molar-refractivity contribution in [3.8, 4) is 0 Å². The summed E-state index contributed by atoms with van der Waals surface area (Å²) in [4.78, 5) is 47.1. The fourth-order valence-corrected chi connectivity index (χ4v) is 2.29. The number of ether oxygens (including phenoxy) is 1. The van der Waals surface area contributed by atoms with Gasteiger partial charge in [-0.1, -0.05) is 17.7 Å². The topological polar surface area (TPSA) is 114 Å². The Morgan fingerprint density at radius 1 is 0.929 bits per heavy atom. The Labute approximate surface area is 166 Å². The molecule has 0 radical (unpaired) electrons. The molecule has 8 nitrogen and oxygen atoms in total. The highest BCUT2D eigenvalue weighted by atomic mass is 35.5. The average molecular weight is 404 g/mol. The maximum atomic E-state index is 11.9. The van der Waals surface area contributed by atoms with Crippen molar-refractivity contribution in [1.29, 1.82) is 0 Å². The molecule has 2 aromatic carbocycles. The molecule has 0 unspecified atom stereocenters. The number of carbonyl (C=O) groups is 4. The molecule has 3 amide bonds. The number of rotatable bonds is 6. The molecule has 0 aromatic heterocycles. The van der Waals surface area contributed by atoms with E-state index in [-0.39, 0.29) is 6.61 Å². The Balaban J connectivity index is 1.80. The number of halogens is 1. The van der Waals surface area contributed by atoms with Gasteiger partial charge in [-0.3, -0.25) is 14.4 Å². The van der Waals surface area contributed by atoms with E-state index in [1.54, 1.807) is 25.1 Å². The lowest BCUT2D eigenvalue weighted by molar-refractivity contribution is -0.136. The van der Waals surface area contributed by atoms with Gasteiger partial charge in [-0.2, -0.15) is 0 Å². The minimum Gasteiger partial charge on any atom is -0.462 e. The van der Waals surface area contributed by atoms with E-state index >= 15 is 0 Å². The molecule has 0 saturated carbocycles. The number of benzene rings is 2. The second-order valence-corrected chi connectivity index (χ2v) is 5.93. The van der Waals surface area contributed by atoms with E-state index in [4.69, 9.17) is 16.3 Å². The van der Waals surface area contributed by atoms with E-state index in [2.05, 4.69) is 16.0 Å².